The highest BCUT2D eigenvalue weighted by Gasteiger charge is 2.14. The van der Waals surface area contributed by atoms with E-state index in [1.165, 1.54) is 21.9 Å². The van der Waals surface area contributed by atoms with E-state index in [1.807, 2.05) is 0 Å². The van der Waals surface area contributed by atoms with Gasteiger partial charge in [-0.3, -0.25) is 0 Å². The maximum absolute atomic E-state index is 5.61. The molecule has 0 unspecified atom stereocenters. The molecule has 0 bridgehead atoms. The first-order valence-corrected chi connectivity index (χ1v) is 8.96. The van der Waals surface area contributed by atoms with Crippen molar-refractivity contribution in [2.75, 3.05) is 26.3 Å². The SMILES string of the molecule is S=C(Cc1ccc2c(c1)[nH]c1ccc(Br)cc12)N1CCOCC1. The van der Waals surface area contributed by atoms with Crippen LogP contribution in [0.3, 0.4) is 0 Å². The number of fused-ring (bicyclic) bond motifs is 3. The average molecular weight is 389 g/mol. The Bertz CT molecular complexity index is 883. The number of halogens is 1. The average Bonchev–Trinajstić information content (AvgIpc) is 2.92. The van der Waals surface area contributed by atoms with Crippen LogP contribution in [-0.4, -0.2) is 41.2 Å². The lowest BCUT2D eigenvalue weighted by atomic mass is 10.1. The molecule has 0 atom stereocenters. The maximum atomic E-state index is 5.61. The third-order valence-electron chi connectivity index (χ3n) is 4.34. The molecule has 1 aromatic heterocycles. The summed E-state index contributed by atoms with van der Waals surface area (Å²) in [6.45, 7) is 3.36. The molecule has 0 aliphatic carbocycles. The van der Waals surface area contributed by atoms with E-state index in [9.17, 15) is 0 Å². The first-order valence-electron chi connectivity index (χ1n) is 7.76. The van der Waals surface area contributed by atoms with Crippen molar-refractivity contribution < 1.29 is 4.74 Å². The Kier molecular flexibility index (Phi) is 4.09. The zero-order chi connectivity index (χ0) is 15.8. The molecule has 1 aliphatic heterocycles. The largest absolute Gasteiger partial charge is 0.378 e. The summed E-state index contributed by atoms with van der Waals surface area (Å²) in [6.07, 6.45) is 0.810. The van der Waals surface area contributed by atoms with Crippen molar-refractivity contribution in [1.29, 1.82) is 0 Å². The van der Waals surface area contributed by atoms with Gasteiger partial charge in [-0.05, 0) is 29.8 Å². The summed E-state index contributed by atoms with van der Waals surface area (Å²) in [5.41, 5.74) is 3.58. The van der Waals surface area contributed by atoms with E-state index in [2.05, 4.69) is 62.2 Å². The standard InChI is InChI=1S/C18H17BrN2OS/c19-13-2-4-16-15(11-13)14-3-1-12(9-17(14)20-16)10-18(23)21-5-7-22-8-6-21/h1-4,9,11,20H,5-8,10H2. The maximum Gasteiger partial charge on any atom is 0.0825 e. The molecule has 0 saturated carbocycles. The van der Waals surface area contributed by atoms with Crippen LogP contribution >= 0.6 is 28.1 Å². The van der Waals surface area contributed by atoms with Gasteiger partial charge in [0.1, 0.15) is 0 Å². The number of rotatable bonds is 2. The van der Waals surface area contributed by atoms with Crippen LogP contribution in [0.25, 0.3) is 21.8 Å². The van der Waals surface area contributed by atoms with Gasteiger partial charge in [0.25, 0.3) is 0 Å². The van der Waals surface area contributed by atoms with Crippen LogP contribution in [0.2, 0.25) is 0 Å². The molecule has 118 valence electrons. The molecule has 0 radical (unpaired) electrons. The smallest absolute Gasteiger partial charge is 0.0825 e. The Morgan fingerprint density at radius 3 is 2.74 bits per heavy atom. The molecule has 1 saturated heterocycles. The third kappa shape index (κ3) is 3.01. The molecule has 4 rings (SSSR count). The lowest BCUT2D eigenvalue weighted by molar-refractivity contribution is 0.0685. The first kappa shape index (κ1) is 15.1. The number of hydrogen-bond acceptors (Lipinski definition) is 2. The minimum Gasteiger partial charge on any atom is -0.378 e. The number of hydrogen-bond donors (Lipinski definition) is 1. The van der Waals surface area contributed by atoms with E-state index < -0.39 is 0 Å². The Morgan fingerprint density at radius 1 is 1.09 bits per heavy atom. The fourth-order valence-corrected chi connectivity index (χ4v) is 3.84. The van der Waals surface area contributed by atoms with Crippen molar-refractivity contribution in [1.82, 2.24) is 9.88 Å². The summed E-state index contributed by atoms with van der Waals surface area (Å²) in [6, 6.07) is 12.9. The number of nitrogens with one attached hydrogen (secondary N) is 1. The number of aromatic amines is 1. The summed E-state index contributed by atoms with van der Waals surface area (Å²) in [5.74, 6) is 0. The van der Waals surface area contributed by atoms with Crippen LogP contribution < -0.4 is 0 Å². The zero-order valence-electron chi connectivity index (χ0n) is 12.6. The van der Waals surface area contributed by atoms with Gasteiger partial charge < -0.3 is 14.6 Å². The van der Waals surface area contributed by atoms with Crippen molar-refractivity contribution in [2.24, 2.45) is 0 Å². The Hall–Kier alpha value is -1.43. The van der Waals surface area contributed by atoms with Gasteiger partial charge in [0.2, 0.25) is 0 Å². The molecule has 3 nitrogen and oxygen atoms in total. The summed E-state index contributed by atoms with van der Waals surface area (Å²) >= 11 is 9.16. The number of H-pyrrole nitrogens is 1. The van der Waals surface area contributed by atoms with Gasteiger partial charge in [0.05, 0.1) is 18.2 Å². The Morgan fingerprint density at radius 2 is 1.91 bits per heavy atom. The molecular formula is C18H17BrN2OS. The van der Waals surface area contributed by atoms with Crippen molar-refractivity contribution in [3.05, 3.63) is 46.4 Å². The second-order valence-electron chi connectivity index (χ2n) is 5.86. The molecule has 2 heterocycles. The molecule has 0 spiro atoms. The van der Waals surface area contributed by atoms with Gasteiger partial charge in [-0.25, -0.2) is 0 Å². The van der Waals surface area contributed by atoms with Crippen molar-refractivity contribution in [3.63, 3.8) is 0 Å². The molecule has 1 aliphatic rings. The second kappa shape index (κ2) is 6.23. The van der Waals surface area contributed by atoms with Crippen LogP contribution in [0, 0.1) is 0 Å². The molecule has 5 heteroatoms. The van der Waals surface area contributed by atoms with Crippen LogP contribution in [0.1, 0.15) is 5.56 Å². The summed E-state index contributed by atoms with van der Waals surface area (Å²) in [4.78, 5) is 6.76. The summed E-state index contributed by atoms with van der Waals surface area (Å²) < 4.78 is 6.49. The van der Waals surface area contributed by atoms with E-state index in [-0.39, 0.29) is 0 Å². The number of morpholine rings is 1. The van der Waals surface area contributed by atoms with E-state index in [1.54, 1.807) is 0 Å². The van der Waals surface area contributed by atoms with Gasteiger partial charge >= 0.3 is 0 Å². The number of benzene rings is 2. The number of aromatic nitrogens is 1. The predicted molar refractivity (Wildman–Crippen MR) is 102 cm³/mol. The molecule has 1 fully saturated rings. The van der Waals surface area contributed by atoms with Gasteiger partial charge in [-0.2, -0.15) is 0 Å². The molecular weight excluding hydrogens is 372 g/mol. The topological polar surface area (TPSA) is 28.3 Å². The first-order chi connectivity index (χ1) is 11.2. The Labute approximate surface area is 148 Å². The van der Waals surface area contributed by atoms with Crippen LogP contribution in [0.15, 0.2) is 40.9 Å². The van der Waals surface area contributed by atoms with E-state index in [0.29, 0.717) is 0 Å². The van der Waals surface area contributed by atoms with Crippen molar-refractivity contribution in [3.8, 4) is 0 Å². The molecule has 1 N–H and O–H groups in total. The highest BCUT2D eigenvalue weighted by molar-refractivity contribution is 9.10. The molecule has 3 aromatic rings. The van der Waals surface area contributed by atoms with Gasteiger partial charge in [0.15, 0.2) is 0 Å². The van der Waals surface area contributed by atoms with Crippen molar-refractivity contribution in [2.45, 2.75) is 6.42 Å². The number of nitrogens with zero attached hydrogens (tertiary/aromatic N) is 1. The number of ether oxygens (including phenoxy) is 1. The van der Waals surface area contributed by atoms with Gasteiger partial charge in [-0.15, -0.1) is 0 Å². The monoisotopic (exact) mass is 388 g/mol. The summed E-state index contributed by atoms with van der Waals surface area (Å²) in [5, 5.41) is 2.50. The number of thiocarbonyl (C=S) groups is 1. The van der Waals surface area contributed by atoms with Crippen molar-refractivity contribution >= 4 is 54.9 Å². The minimum atomic E-state index is 0.774. The summed E-state index contributed by atoms with van der Waals surface area (Å²) in [7, 11) is 0. The fourth-order valence-electron chi connectivity index (χ4n) is 3.13. The lowest BCUT2D eigenvalue weighted by Crippen LogP contribution is -2.40. The predicted octanol–water partition coefficient (Wildman–Crippen LogP) is 4.29. The second-order valence-corrected chi connectivity index (χ2v) is 7.25. The quantitative estimate of drug-likeness (QED) is 0.663. The van der Waals surface area contributed by atoms with E-state index in [4.69, 9.17) is 17.0 Å². The molecule has 2 aromatic carbocycles. The Balaban J connectivity index is 1.63. The van der Waals surface area contributed by atoms with E-state index in [0.717, 1.165) is 47.7 Å². The normalized spacial score (nSPS) is 15.4. The van der Waals surface area contributed by atoms with Crippen LogP contribution in [0.5, 0.6) is 0 Å². The van der Waals surface area contributed by atoms with Gasteiger partial charge in [-0.1, -0.05) is 40.3 Å². The third-order valence-corrected chi connectivity index (χ3v) is 5.24. The van der Waals surface area contributed by atoms with E-state index >= 15 is 0 Å². The van der Waals surface area contributed by atoms with Crippen LogP contribution in [-0.2, 0) is 11.2 Å². The van der Waals surface area contributed by atoms with Crippen LogP contribution in [0.4, 0.5) is 0 Å². The fraction of sp³-hybridized carbons (Fsp3) is 0.278. The minimum absolute atomic E-state index is 0.774. The molecule has 23 heavy (non-hydrogen) atoms. The zero-order valence-corrected chi connectivity index (χ0v) is 15.0. The highest BCUT2D eigenvalue weighted by Crippen LogP contribution is 2.28. The molecule has 0 amide bonds. The van der Waals surface area contributed by atoms with Gasteiger partial charge in [0, 0.05) is 45.8 Å². The highest BCUT2D eigenvalue weighted by atomic mass is 79.9. The lowest BCUT2D eigenvalue weighted by Gasteiger charge is -2.29.